The molecule has 2 fully saturated rings. The lowest BCUT2D eigenvalue weighted by Gasteiger charge is -2.41. The molecule has 3 unspecified atom stereocenters. The average Bonchev–Trinajstić information content (AvgIpc) is 3.69. The van der Waals surface area contributed by atoms with Crippen molar-refractivity contribution >= 4 is 40.7 Å². The average molecular weight is 747 g/mol. The smallest absolute Gasteiger partial charge is 0.247 e. The number of benzene rings is 2. The van der Waals surface area contributed by atoms with Gasteiger partial charge in [0, 0.05) is 37.1 Å². The van der Waals surface area contributed by atoms with E-state index in [9.17, 15) is 24.6 Å². The predicted octanol–water partition coefficient (Wildman–Crippen LogP) is 3.93. The van der Waals surface area contributed by atoms with E-state index in [1.54, 1.807) is 30.2 Å². The molecule has 3 aliphatic carbocycles. The third-order valence-electron chi connectivity index (χ3n) is 9.71. The van der Waals surface area contributed by atoms with Crippen molar-refractivity contribution in [3.8, 4) is 17.2 Å². The van der Waals surface area contributed by atoms with Crippen molar-refractivity contribution in [2.45, 2.75) is 63.2 Å². The van der Waals surface area contributed by atoms with Crippen molar-refractivity contribution in [3.05, 3.63) is 62.7 Å². The molecule has 0 spiro atoms. The number of carbonyl (C=O) groups excluding carboxylic acids is 3. The first-order valence-corrected chi connectivity index (χ1v) is 17.0. The van der Waals surface area contributed by atoms with Crippen LogP contribution in [0.15, 0.2) is 48.0 Å². The van der Waals surface area contributed by atoms with Crippen LogP contribution in [0.1, 0.15) is 54.4 Å². The van der Waals surface area contributed by atoms with E-state index < -0.39 is 24.2 Å². The third kappa shape index (κ3) is 7.69. The number of halogens is 1. The number of methoxy groups -OCH3 is 2. The molecule has 248 valence electrons. The molecule has 0 saturated heterocycles. The molecular weight excluding hydrogens is 703 g/mol. The van der Waals surface area contributed by atoms with E-state index in [4.69, 9.17) is 14.2 Å². The Balaban J connectivity index is 1.48. The molecule has 0 radical (unpaired) electrons. The van der Waals surface area contributed by atoms with Gasteiger partial charge in [0.15, 0.2) is 11.5 Å². The zero-order chi connectivity index (χ0) is 32.8. The summed E-state index contributed by atoms with van der Waals surface area (Å²) in [5.41, 5.74) is 1.69. The van der Waals surface area contributed by atoms with Gasteiger partial charge >= 0.3 is 0 Å². The Bertz CT molecular complexity index is 1450. The number of hydrogen-bond acceptors (Lipinski definition) is 8. The van der Waals surface area contributed by atoms with Crippen molar-refractivity contribution in [2.75, 3.05) is 33.9 Å². The highest BCUT2D eigenvalue weighted by Gasteiger charge is 2.44. The van der Waals surface area contributed by atoms with Crippen LogP contribution in [0, 0.1) is 21.3 Å². The third-order valence-corrected chi connectivity index (χ3v) is 10.5. The van der Waals surface area contributed by atoms with Gasteiger partial charge in [-0.1, -0.05) is 24.6 Å². The lowest BCUT2D eigenvalue weighted by molar-refractivity contribution is -0.140. The molecule has 0 aliphatic heterocycles. The van der Waals surface area contributed by atoms with Crippen LogP contribution >= 0.6 is 22.6 Å². The normalized spacial score (nSPS) is 25.0. The second-order valence-electron chi connectivity index (χ2n) is 12.5. The minimum absolute atomic E-state index is 0.0465. The fraction of sp³-hybridized carbons (Fsp3) is 0.514. The Morgan fingerprint density at radius 3 is 2.57 bits per heavy atom. The zero-order valence-electron chi connectivity index (χ0n) is 26.3. The van der Waals surface area contributed by atoms with Gasteiger partial charge in [-0.25, -0.2) is 0 Å². The van der Waals surface area contributed by atoms with Crippen molar-refractivity contribution in [1.29, 1.82) is 0 Å². The van der Waals surface area contributed by atoms with Gasteiger partial charge in [0.1, 0.15) is 24.2 Å². The standard InChI is InChI=1S/C35H43IN2O8/c1-44-29-6-4-3-5-23(29)9-11-38(32(41)19-25-14-21-7-8-24(25)13-21)28-17-26(35(43)37-10-12-39)18-30(33(28)42)46-34-27(36)15-22(20-40)16-31(34)45-2/h3-6,15-16,18,20-21,24-25,28,30,33,39,42H,7-14,17,19H2,1-2H3,(H,37,43)/t21?,24?,25?,28-,30+,33+/m1/s1. The summed E-state index contributed by atoms with van der Waals surface area (Å²) in [6, 6.07) is 10.1. The molecule has 10 nitrogen and oxygen atoms in total. The molecule has 46 heavy (non-hydrogen) atoms. The number of aliphatic hydroxyl groups is 2. The van der Waals surface area contributed by atoms with Crippen LogP contribution in [-0.4, -0.2) is 85.4 Å². The van der Waals surface area contributed by atoms with Crippen LogP contribution < -0.4 is 19.5 Å². The van der Waals surface area contributed by atoms with Crippen LogP contribution in [-0.2, 0) is 16.0 Å². The Morgan fingerprint density at radius 2 is 1.89 bits per heavy atom. The van der Waals surface area contributed by atoms with Crippen LogP contribution in [0.3, 0.4) is 0 Å². The number of amides is 2. The number of carbonyl (C=O) groups is 3. The van der Waals surface area contributed by atoms with E-state index in [0.29, 0.717) is 69.6 Å². The highest BCUT2D eigenvalue weighted by Crippen LogP contribution is 2.50. The minimum atomic E-state index is -1.18. The summed E-state index contributed by atoms with van der Waals surface area (Å²) >= 11 is 2.04. The number of rotatable bonds is 14. The van der Waals surface area contributed by atoms with E-state index in [2.05, 4.69) is 5.32 Å². The van der Waals surface area contributed by atoms with E-state index >= 15 is 0 Å². The van der Waals surface area contributed by atoms with E-state index in [-0.39, 0.29) is 25.5 Å². The molecule has 0 heterocycles. The summed E-state index contributed by atoms with van der Waals surface area (Å²) in [5.74, 6) is 2.46. The number of nitrogens with zero attached hydrogens (tertiary/aromatic N) is 1. The summed E-state index contributed by atoms with van der Waals surface area (Å²) < 4.78 is 18.1. The van der Waals surface area contributed by atoms with Crippen LogP contribution in [0.4, 0.5) is 0 Å². The molecule has 2 aromatic rings. The second kappa shape index (κ2) is 15.6. The number of ether oxygens (including phenoxy) is 3. The quantitative estimate of drug-likeness (QED) is 0.196. The van der Waals surface area contributed by atoms with Crippen molar-refractivity contribution in [1.82, 2.24) is 10.2 Å². The SMILES string of the molecule is COc1ccccc1CCN(C(=O)CC1CC2CCC1C2)[C@@H]1CC(C(=O)NCCO)=C[C@H](Oc2c(I)cc(C=O)cc2OC)[C@H]1O. The predicted molar refractivity (Wildman–Crippen MR) is 180 cm³/mol. The van der Waals surface area contributed by atoms with Gasteiger partial charge in [0.2, 0.25) is 11.8 Å². The number of aldehydes is 1. The van der Waals surface area contributed by atoms with Crippen LogP contribution in [0.5, 0.6) is 17.2 Å². The van der Waals surface area contributed by atoms with Gasteiger partial charge in [-0.05, 0) is 95.9 Å². The largest absolute Gasteiger partial charge is 0.496 e. The molecule has 2 bridgehead atoms. The highest BCUT2D eigenvalue weighted by atomic mass is 127. The lowest BCUT2D eigenvalue weighted by Crippen LogP contribution is -2.55. The van der Waals surface area contributed by atoms with Gasteiger partial charge in [-0.3, -0.25) is 14.4 Å². The molecular formula is C35H43IN2O8. The number of para-hydroxylation sites is 1. The highest BCUT2D eigenvalue weighted by molar-refractivity contribution is 14.1. The number of nitrogens with one attached hydrogen (secondary N) is 1. The minimum Gasteiger partial charge on any atom is -0.496 e. The van der Waals surface area contributed by atoms with E-state index in [0.717, 1.165) is 24.2 Å². The topological polar surface area (TPSA) is 135 Å². The van der Waals surface area contributed by atoms with Gasteiger partial charge in [-0.2, -0.15) is 0 Å². The first-order chi connectivity index (χ1) is 22.3. The van der Waals surface area contributed by atoms with Gasteiger partial charge in [0.25, 0.3) is 0 Å². The maximum atomic E-state index is 14.3. The van der Waals surface area contributed by atoms with Gasteiger partial charge in [-0.15, -0.1) is 0 Å². The molecule has 2 aromatic carbocycles. The van der Waals surface area contributed by atoms with Crippen molar-refractivity contribution in [2.24, 2.45) is 17.8 Å². The second-order valence-corrected chi connectivity index (χ2v) is 13.6. The summed E-state index contributed by atoms with van der Waals surface area (Å²) in [6.07, 6.45) is 5.75. The zero-order valence-corrected chi connectivity index (χ0v) is 28.5. The first kappa shape index (κ1) is 34.2. The number of fused-ring (bicyclic) bond motifs is 2. The Hall–Kier alpha value is -3.16. The molecule has 5 rings (SSSR count). The Labute approximate surface area is 283 Å². The molecule has 0 aromatic heterocycles. The molecule has 11 heteroatoms. The monoisotopic (exact) mass is 746 g/mol. The summed E-state index contributed by atoms with van der Waals surface area (Å²) in [5, 5.41) is 24.0. The number of aliphatic hydroxyl groups excluding tert-OH is 2. The van der Waals surface area contributed by atoms with Crippen LogP contribution in [0.25, 0.3) is 0 Å². The van der Waals surface area contributed by atoms with E-state index in [1.807, 2.05) is 46.9 Å². The maximum Gasteiger partial charge on any atom is 0.247 e. The lowest BCUT2D eigenvalue weighted by atomic mass is 9.84. The van der Waals surface area contributed by atoms with Gasteiger partial charge < -0.3 is 34.6 Å². The van der Waals surface area contributed by atoms with E-state index in [1.165, 1.54) is 20.0 Å². The number of hydrogen-bond donors (Lipinski definition) is 3. The fourth-order valence-corrected chi connectivity index (χ4v) is 8.18. The van der Waals surface area contributed by atoms with Crippen molar-refractivity contribution < 1.29 is 38.8 Å². The maximum absolute atomic E-state index is 14.3. The molecule has 3 aliphatic rings. The summed E-state index contributed by atoms with van der Waals surface area (Å²) in [6.45, 7) is 0.153. The van der Waals surface area contributed by atoms with Gasteiger partial charge in [0.05, 0.1) is 30.4 Å². The first-order valence-electron chi connectivity index (χ1n) is 15.9. The van der Waals surface area contributed by atoms with Crippen LogP contribution in [0.2, 0.25) is 0 Å². The molecule has 2 amide bonds. The van der Waals surface area contributed by atoms with Crippen molar-refractivity contribution in [3.63, 3.8) is 0 Å². The Kier molecular flexibility index (Phi) is 11.6. The summed E-state index contributed by atoms with van der Waals surface area (Å²) in [4.78, 5) is 40.8. The molecule has 2 saturated carbocycles. The summed E-state index contributed by atoms with van der Waals surface area (Å²) in [7, 11) is 3.08. The Morgan fingerprint density at radius 1 is 1.11 bits per heavy atom. The molecule has 6 atom stereocenters. The molecule has 3 N–H and O–H groups in total. The fourth-order valence-electron chi connectivity index (χ4n) is 7.43.